The van der Waals surface area contributed by atoms with Crippen molar-refractivity contribution >= 4 is 22.9 Å². The molecule has 7 heteroatoms. The van der Waals surface area contributed by atoms with E-state index < -0.39 is 5.54 Å². The molecule has 2 amide bonds. The molecule has 5 rings (SSSR count). The molecule has 2 fully saturated rings. The molecule has 4 heterocycles. The van der Waals surface area contributed by atoms with Gasteiger partial charge >= 0.3 is 0 Å². The van der Waals surface area contributed by atoms with Gasteiger partial charge in [-0.05, 0) is 52.6 Å². The lowest BCUT2D eigenvalue weighted by Gasteiger charge is -2.45. The highest BCUT2D eigenvalue weighted by Gasteiger charge is 2.48. The van der Waals surface area contributed by atoms with Crippen molar-refractivity contribution in [2.75, 3.05) is 26.2 Å². The number of nitrogens with zero attached hydrogens (tertiary/aromatic N) is 3. The van der Waals surface area contributed by atoms with Crippen LogP contribution in [0.2, 0.25) is 0 Å². The van der Waals surface area contributed by atoms with Crippen LogP contribution in [0.25, 0.3) is 11.1 Å². The smallest absolute Gasteiger partial charge is 0.271 e. The van der Waals surface area contributed by atoms with Crippen molar-refractivity contribution in [3.05, 3.63) is 23.6 Å². The number of hydrogen-bond acceptors (Lipinski definition) is 4. The van der Waals surface area contributed by atoms with Crippen LogP contribution < -0.4 is 5.32 Å². The van der Waals surface area contributed by atoms with Crippen LogP contribution in [0.4, 0.5) is 0 Å². The summed E-state index contributed by atoms with van der Waals surface area (Å²) in [6.07, 6.45) is 10.6. The van der Waals surface area contributed by atoms with Gasteiger partial charge in [0.25, 0.3) is 5.91 Å². The average Bonchev–Trinajstić information content (AvgIpc) is 3.19. The van der Waals surface area contributed by atoms with Gasteiger partial charge < -0.3 is 24.1 Å². The molecule has 0 unspecified atom stereocenters. The molecular weight excluding hydrogens is 416 g/mol. The first-order valence-corrected chi connectivity index (χ1v) is 12.9. The van der Waals surface area contributed by atoms with Crippen molar-refractivity contribution in [3.8, 4) is 0 Å². The number of hydrogen-bond donors (Lipinski definition) is 1. The van der Waals surface area contributed by atoms with Gasteiger partial charge in [0.15, 0.2) is 5.58 Å². The number of fused-ring (bicyclic) bond motifs is 3. The third-order valence-electron chi connectivity index (χ3n) is 8.01. The van der Waals surface area contributed by atoms with Crippen LogP contribution in [-0.4, -0.2) is 63.9 Å². The zero-order valence-electron chi connectivity index (χ0n) is 20.2. The molecule has 1 saturated heterocycles. The molecule has 1 aliphatic carbocycles. The van der Waals surface area contributed by atoms with Crippen molar-refractivity contribution in [2.24, 2.45) is 0 Å². The lowest BCUT2D eigenvalue weighted by Crippen LogP contribution is -2.65. The van der Waals surface area contributed by atoms with Crippen molar-refractivity contribution < 1.29 is 14.0 Å². The van der Waals surface area contributed by atoms with E-state index in [1.165, 1.54) is 32.1 Å². The second-order valence-electron chi connectivity index (χ2n) is 10.5. The molecule has 3 aliphatic rings. The quantitative estimate of drug-likeness (QED) is 0.739. The van der Waals surface area contributed by atoms with E-state index in [0.717, 1.165) is 62.2 Å². The molecule has 0 bridgehead atoms. The van der Waals surface area contributed by atoms with Crippen LogP contribution in [0.5, 0.6) is 0 Å². The third kappa shape index (κ3) is 4.32. The van der Waals surface area contributed by atoms with Crippen molar-refractivity contribution in [3.63, 3.8) is 0 Å². The molecule has 2 aromatic heterocycles. The van der Waals surface area contributed by atoms with Gasteiger partial charge in [-0.1, -0.05) is 32.1 Å². The summed E-state index contributed by atoms with van der Waals surface area (Å²) in [5, 5.41) is 3.32. The fourth-order valence-electron chi connectivity index (χ4n) is 6.00. The Morgan fingerprint density at radius 2 is 1.76 bits per heavy atom. The summed E-state index contributed by atoms with van der Waals surface area (Å²) in [6, 6.07) is 4.04. The van der Waals surface area contributed by atoms with E-state index in [1.807, 2.05) is 35.4 Å². The normalized spacial score (nSPS) is 25.3. The molecule has 7 nitrogen and oxygen atoms in total. The Hall–Kier alpha value is -2.28. The van der Waals surface area contributed by atoms with E-state index >= 15 is 0 Å². The van der Waals surface area contributed by atoms with Gasteiger partial charge in [-0.25, -0.2) is 0 Å². The van der Waals surface area contributed by atoms with Crippen LogP contribution in [-0.2, 0) is 11.3 Å². The van der Waals surface area contributed by atoms with Gasteiger partial charge in [0, 0.05) is 31.3 Å². The number of furan rings is 1. The highest BCUT2D eigenvalue weighted by atomic mass is 16.3. The van der Waals surface area contributed by atoms with Gasteiger partial charge in [0.2, 0.25) is 5.91 Å². The largest absolute Gasteiger partial charge is 0.460 e. The number of amides is 2. The van der Waals surface area contributed by atoms with E-state index in [1.54, 1.807) is 0 Å². The Labute approximate surface area is 196 Å². The highest BCUT2D eigenvalue weighted by molar-refractivity contribution is 6.03. The van der Waals surface area contributed by atoms with Gasteiger partial charge in [0.1, 0.15) is 17.0 Å². The van der Waals surface area contributed by atoms with Crippen molar-refractivity contribution in [1.29, 1.82) is 0 Å². The Morgan fingerprint density at radius 3 is 2.48 bits per heavy atom. The monoisotopic (exact) mass is 454 g/mol. The summed E-state index contributed by atoms with van der Waals surface area (Å²) >= 11 is 0. The van der Waals surface area contributed by atoms with Gasteiger partial charge in [-0.2, -0.15) is 0 Å². The molecule has 1 atom stereocenters. The van der Waals surface area contributed by atoms with Crippen LogP contribution in [0, 0.1) is 6.92 Å². The van der Waals surface area contributed by atoms with Crippen molar-refractivity contribution in [1.82, 2.24) is 19.7 Å². The number of rotatable bonds is 5. The lowest BCUT2D eigenvalue weighted by atomic mass is 9.91. The van der Waals surface area contributed by atoms with E-state index in [9.17, 15) is 9.59 Å². The summed E-state index contributed by atoms with van der Waals surface area (Å²) in [6.45, 7) is 7.86. The molecule has 1 saturated carbocycles. The fraction of sp³-hybridized carbons (Fsp3) is 0.692. The van der Waals surface area contributed by atoms with E-state index in [0.29, 0.717) is 18.8 Å². The predicted octanol–water partition coefficient (Wildman–Crippen LogP) is 4.08. The molecule has 0 aromatic carbocycles. The Bertz CT molecular complexity index is 1010. The van der Waals surface area contributed by atoms with Crippen molar-refractivity contribution in [2.45, 2.75) is 89.8 Å². The van der Waals surface area contributed by atoms with E-state index in [-0.39, 0.29) is 17.9 Å². The van der Waals surface area contributed by atoms with Crippen LogP contribution in [0.1, 0.15) is 81.0 Å². The maximum Gasteiger partial charge on any atom is 0.271 e. The standard InChI is InChI=1S/C26H38N4O3/c1-19-16-21-23(33-19)17-22-24(31)30(15-14-28-12-8-3-4-9-13-28)26(2,18-29(21)22)25(32)27-20-10-6-5-7-11-20/h16-17,20H,3-15,18H2,1-2H3,(H,27,32)/t26-/m1/s1. The van der Waals surface area contributed by atoms with Crippen LogP contribution in [0.15, 0.2) is 16.5 Å². The molecule has 1 N–H and O–H groups in total. The molecule has 0 radical (unpaired) electrons. The number of likely N-dealkylation sites (tertiary alicyclic amines) is 1. The first kappa shape index (κ1) is 22.5. The zero-order valence-corrected chi connectivity index (χ0v) is 20.2. The van der Waals surface area contributed by atoms with Gasteiger partial charge in [0.05, 0.1) is 12.1 Å². The fourth-order valence-corrected chi connectivity index (χ4v) is 6.00. The Kier molecular flexibility index (Phi) is 6.25. The first-order chi connectivity index (χ1) is 16.0. The number of carbonyl (C=O) groups is 2. The maximum atomic E-state index is 13.8. The first-order valence-electron chi connectivity index (χ1n) is 12.9. The molecule has 2 aliphatic heterocycles. The summed E-state index contributed by atoms with van der Waals surface area (Å²) in [4.78, 5) is 31.9. The maximum absolute atomic E-state index is 13.8. The lowest BCUT2D eigenvalue weighted by molar-refractivity contribution is -0.133. The minimum absolute atomic E-state index is 0.0219. The molecule has 180 valence electrons. The summed E-state index contributed by atoms with van der Waals surface area (Å²) < 4.78 is 7.82. The zero-order chi connectivity index (χ0) is 23.0. The Morgan fingerprint density at radius 1 is 1.06 bits per heavy atom. The number of nitrogens with one attached hydrogen (secondary N) is 1. The highest BCUT2D eigenvalue weighted by Crippen LogP contribution is 2.34. The molecule has 33 heavy (non-hydrogen) atoms. The summed E-state index contributed by atoms with van der Waals surface area (Å²) in [5.41, 5.74) is 1.33. The predicted molar refractivity (Wildman–Crippen MR) is 128 cm³/mol. The van der Waals surface area contributed by atoms with Gasteiger partial charge in [-0.15, -0.1) is 0 Å². The number of aromatic nitrogens is 1. The van der Waals surface area contributed by atoms with E-state index in [4.69, 9.17) is 4.42 Å². The van der Waals surface area contributed by atoms with Crippen LogP contribution in [0.3, 0.4) is 0 Å². The van der Waals surface area contributed by atoms with Crippen LogP contribution >= 0.6 is 0 Å². The summed E-state index contributed by atoms with van der Waals surface area (Å²) in [5.74, 6) is 0.729. The topological polar surface area (TPSA) is 70.7 Å². The number of carbonyl (C=O) groups excluding carboxylic acids is 2. The number of aryl methyl sites for hydroxylation is 1. The van der Waals surface area contributed by atoms with E-state index in [2.05, 4.69) is 10.2 Å². The molecule has 0 spiro atoms. The third-order valence-corrected chi connectivity index (χ3v) is 8.01. The summed E-state index contributed by atoms with van der Waals surface area (Å²) in [7, 11) is 0. The minimum Gasteiger partial charge on any atom is -0.460 e. The minimum atomic E-state index is -0.926. The molecular formula is C26H38N4O3. The SMILES string of the molecule is Cc1cc2c(cc3n2C[C@](C)(C(=O)NC2CCCCC2)N(CCN2CCCCCC2)C3=O)o1. The molecule has 2 aromatic rings. The second kappa shape index (κ2) is 9.16. The second-order valence-corrected chi connectivity index (χ2v) is 10.5. The van der Waals surface area contributed by atoms with Gasteiger partial charge in [-0.3, -0.25) is 9.59 Å². The Balaban J connectivity index is 1.43. The average molecular weight is 455 g/mol.